The lowest BCUT2D eigenvalue weighted by Crippen LogP contribution is -2.21. The highest BCUT2D eigenvalue weighted by molar-refractivity contribution is 6.30. The van der Waals surface area contributed by atoms with E-state index in [1.807, 2.05) is 0 Å². The molecule has 0 radical (unpaired) electrons. The van der Waals surface area contributed by atoms with Crippen LogP contribution in [0.4, 0.5) is 13.2 Å². The number of ether oxygens (including phenoxy) is 1. The van der Waals surface area contributed by atoms with Crippen LogP contribution in [0.2, 0.25) is 5.02 Å². The van der Waals surface area contributed by atoms with E-state index in [1.165, 1.54) is 12.1 Å². The second-order valence-electron chi connectivity index (χ2n) is 3.84. The number of esters is 1. The Morgan fingerprint density at radius 3 is 2.63 bits per heavy atom. The van der Waals surface area contributed by atoms with Crippen LogP contribution in [0.1, 0.15) is 30.5 Å². The van der Waals surface area contributed by atoms with Crippen molar-refractivity contribution in [3.05, 3.63) is 34.3 Å². The van der Waals surface area contributed by atoms with Crippen LogP contribution in [0.5, 0.6) is 0 Å². The molecular formula is C12H13ClF3NO2. The van der Waals surface area contributed by atoms with Gasteiger partial charge in [0.15, 0.2) is 0 Å². The van der Waals surface area contributed by atoms with Crippen molar-refractivity contribution < 1.29 is 22.7 Å². The molecule has 0 aliphatic rings. The summed E-state index contributed by atoms with van der Waals surface area (Å²) in [5.74, 6) is -0.641. The lowest BCUT2D eigenvalue weighted by Gasteiger charge is -2.18. The molecule has 0 bridgehead atoms. The Hall–Kier alpha value is -1.27. The number of hydrogen-bond donors (Lipinski definition) is 1. The van der Waals surface area contributed by atoms with E-state index in [1.54, 1.807) is 6.92 Å². The summed E-state index contributed by atoms with van der Waals surface area (Å²) in [4.78, 5) is 11.2. The van der Waals surface area contributed by atoms with Crippen LogP contribution in [0.25, 0.3) is 0 Å². The molecule has 1 rings (SSSR count). The zero-order chi connectivity index (χ0) is 14.6. The van der Waals surface area contributed by atoms with E-state index in [2.05, 4.69) is 4.74 Å². The fraction of sp³-hybridized carbons (Fsp3) is 0.417. The second-order valence-corrected chi connectivity index (χ2v) is 4.28. The third-order valence-corrected chi connectivity index (χ3v) is 2.65. The zero-order valence-corrected chi connectivity index (χ0v) is 10.9. The number of hydrogen-bond acceptors (Lipinski definition) is 3. The van der Waals surface area contributed by atoms with Crippen molar-refractivity contribution in [3.63, 3.8) is 0 Å². The van der Waals surface area contributed by atoms with Gasteiger partial charge in [0.2, 0.25) is 0 Å². The summed E-state index contributed by atoms with van der Waals surface area (Å²) >= 11 is 5.55. The van der Waals surface area contributed by atoms with E-state index in [9.17, 15) is 18.0 Å². The first-order valence-electron chi connectivity index (χ1n) is 5.53. The van der Waals surface area contributed by atoms with E-state index in [-0.39, 0.29) is 23.6 Å². The summed E-state index contributed by atoms with van der Waals surface area (Å²) < 4.78 is 43.2. The van der Waals surface area contributed by atoms with E-state index >= 15 is 0 Å². The molecular weight excluding hydrogens is 283 g/mol. The van der Waals surface area contributed by atoms with Gasteiger partial charge in [0.25, 0.3) is 0 Å². The summed E-state index contributed by atoms with van der Waals surface area (Å²) in [5.41, 5.74) is 4.52. The number of carbonyl (C=O) groups is 1. The Bertz CT molecular complexity index is 463. The maximum atomic E-state index is 12.8. The molecule has 106 valence electrons. The third-order valence-electron chi connectivity index (χ3n) is 2.41. The van der Waals surface area contributed by atoms with Crippen LogP contribution < -0.4 is 5.73 Å². The van der Waals surface area contributed by atoms with E-state index in [0.717, 1.165) is 6.07 Å². The normalized spacial score (nSPS) is 13.2. The van der Waals surface area contributed by atoms with Crippen molar-refractivity contribution >= 4 is 17.6 Å². The summed E-state index contributed by atoms with van der Waals surface area (Å²) in [6.07, 6.45) is -4.90. The molecule has 0 saturated carbocycles. The third kappa shape index (κ3) is 4.40. The molecule has 7 heteroatoms. The van der Waals surface area contributed by atoms with Gasteiger partial charge < -0.3 is 10.5 Å². The molecule has 1 aromatic rings. The minimum absolute atomic E-state index is 0.0422. The van der Waals surface area contributed by atoms with Crippen molar-refractivity contribution in [3.8, 4) is 0 Å². The van der Waals surface area contributed by atoms with Gasteiger partial charge in [0.05, 0.1) is 18.6 Å². The number of alkyl halides is 3. The lowest BCUT2D eigenvalue weighted by molar-refractivity contribution is -0.144. The van der Waals surface area contributed by atoms with Gasteiger partial charge in [-0.1, -0.05) is 17.7 Å². The van der Waals surface area contributed by atoms with Gasteiger partial charge in [-0.15, -0.1) is 0 Å². The highest BCUT2D eigenvalue weighted by Gasteiger charge is 2.35. The van der Waals surface area contributed by atoms with Crippen LogP contribution in [0.15, 0.2) is 18.2 Å². The van der Waals surface area contributed by atoms with Gasteiger partial charge in [-0.2, -0.15) is 13.2 Å². The van der Waals surface area contributed by atoms with E-state index in [4.69, 9.17) is 17.3 Å². The molecule has 0 spiro atoms. The second kappa shape index (κ2) is 6.25. The molecule has 0 aliphatic heterocycles. The Labute approximate surface area is 113 Å². The molecule has 1 atom stereocenters. The number of carbonyl (C=O) groups excluding carboxylic acids is 1. The van der Waals surface area contributed by atoms with E-state index in [0.29, 0.717) is 0 Å². The summed E-state index contributed by atoms with van der Waals surface area (Å²) in [7, 11) is 0. The van der Waals surface area contributed by atoms with Gasteiger partial charge in [0, 0.05) is 11.1 Å². The Kier molecular flexibility index (Phi) is 5.20. The molecule has 0 saturated heterocycles. The zero-order valence-electron chi connectivity index (χ0n) is 10.1. The lowest BCUT2D eigenvalue weighted by atomic mass is 9.98. The van der Waals surface area contributed by atoms with Crippen molar-refractivity contribution in [1.82, 2.24) is 0 Å². The van der Waals surface area contributed by atoms with Crippen LogP contribution in [-0.4, -0.2) is 12.6 Å². The first-order valence-corrected chi connectivity index (χ1v) is 5.91. The minimum atomic E-state index is -4.58. The van der Waals surface area contributed by atoms with E-state index < -0.39 is 23.8 Å². The maximum absolute atomic E-state index is 12.8. The largest absolute Gasteiger partial charge is 0.466 e. The Balaban J connectivity index is 3.02. The van der Waals surface area contributed by atoms with Gasteiger partial charge >= 0.3 is 12.1 Å². The van der Waals surface area contributed by atoms with Crippen molar-refractivity contribution in [2.45, 2.75) is 25.6 Å². The van der Waals surface area contributed by atoms with Gasteiger partial charge in [-0.3, -0.25) is 4.79 Å². The minimum Gasteiger partial charge on any atom is -0.466 e. The SMILES string of the molecule is CCOC(=O)C[C@H](N)c1ccc(Cl)cc1C(F)(F)F. The highest BCUT2D eigenvalue weighted by Crippen LogP contribution is 2.36. The quantitative estimate of drug-likeness (QED) is 0.867. The molecule has 1 aromatic carbocycles. The fourth-order valence-electron chi connectivity index (χ4n) is 1.61. The van der Waals surface area contributed by atoms with Crippen molar-refractivity contribution in [1.29, 1.82) is 0 Å². The molecule has 0 unspecified atom stereocenters. The average molecular weight is 296 g/mol. The number of rotatable bonds is 4. The molecule has 0 aliphatic carbocycles. The van der Waals surface area contributed by atoms with Crippen LogP contribution in [0.3, 0.4) is 0 Å². The van der Waals surface area contributed by atoms with Gasteiger partial charge in [0.1, 0.15) is 0 Å². The molecule has 0 fully saturated rings. The summed E-state index contributed by atoms with van der Waals surface area (Å²) in [6.45, 7) is 1.76. The molecule has 0 amide bonds. The number of benzene rings is 1. The highest BCUT2D eigenvalue weighted by atomic mass is 35.5. The van der Waals surface area contributed by atoms with Crippen LogP contribution in [-0.2, 0) is 15.7 Å². The molecule has 0 heterocycles. The smallest absolute Gasteiger partial charge is 0.416 e. The first kappa shape index (κ1) is 15.8. The standard InChI is InChI=1S/C12H13ClF3NO2/c1-2-19-11(18)6-10(17)8-4-3-7(13)5-9(8)12(14,15)16/h3-5,10H,2,6,17H2,1H3/t10-/m0/s1. The average Bonchev–Trinajstić information content (AvgIpc) is 2.27. The topological polar surface area (TPSA) is 52.3 Å². The van der Waals surface area contributed by atoms with Gasteiger partial charge in [-0.25, -0.2) is 0 Å². The molecule has 2 N–H and O–H groups in total. The van der Waals surface area contributed by atoms with Crippen molar-refractivity contribution in [2.75, 3.05) is 6.61 Å². The first-order chi connectivity index (χ1) is 8.75. The fourth-order valence-corrected chi connectivity index (χ4v) is 1.78. The summed E-state index contributed by atoms with van der Waals surface area (Å²) in [6, 6.07) is 2.18. The predicted octanol–water partition coefficient (Wildman–Crippen LogP) is 3.31. The predicted molar refractivity (Wildman–Crippen MR) is 64.6 cm³/mol. The number of nitrogens with two attached hydrogens (primary N) is 1. The molecule has 19 heavy (non-hydrogen) atoms. The molecule has 0 aromatic heterocycles. The van der Waals surface area contributed by atoms with Crippen LogP contribution >= 0.6 is 11.6 Å². The summed E-state index contributed by atoms with van der Waals surface area (Å²) in [5, 5.41) is -0.0422. The number of halogens is 4. The molecule has 3 nitrogen and oxygen atoms in total. The van der Waals surface area contributed by atoms with Gasteiger partial charge in [-0.05, 0) is 24.6 Å². The monoisotopic (exact) mass is 295 g/mol. The Morgan fingerprint density at radius 1 is 1.47 bits per heavy atom. The maximum Gasteiger partial charge on any atom is 0.416 e. The van der Waals surface area contributed by atoms with Crippen LogP contribution in [0, 0.1) is 0 Å². The van der Waals surface area contributed by atoms with Crippen molar-refractivity contribution in [2.24, 2.45) is 5.73 Å². The Morgan fingerprint density at radius 2 is 2.11 bits per heavy atom.